The Balaban J connectivity index is 1.98. The number of hydrogen-bond acceptors (Lipinski definition) is 5. The summed E-state index contributed by atoms with van der Waals surface area (Å²) in [5.41, 5.74) is 1.41. The topological polar surface area (TPSA) is 82.4 Å². The highest BCUT2D eigenvalue weighted by atomic mass is 32.2. The normalized spacial score (nSPS) is 14.2. The minimum absolute atomic E-state index is 0.0499. The van der Waals surface area contributed by atoms with Gasteiger partial charge < -0.3 is 9.64 Å². The summed E-state index contributed by atoms with van der Waals surface area (Å²) in [6.07, 6.45) is 2.26. The summed E-state index contributed by atoms with van der Waals surface area (Å²) in [5.74, 6) is 0.431. The second-order valence-corrected chi connectivity index (χ2v) is 7.44. The smallest absolute Gasteiger partial charge is 0.263 e. The van der Waals surface area contributed by atoms with Crippen LogP contribution in [-0.2, 0) is 10.0 Å². The van der Waals surface area contributed by atoms with Gasteiger partial charge in [-0.25, -0.2) is 8.42 Å². The minimum Gasteiger partial charge on any atom is -0.495 e. The van der Waals surface area contributed by atoms with Gasteiger partial charge in [-0.15, -0.1) is 0 Å². The molecule has 0 saturated carbocycles. The predicted molar refractivity (Wildman–Crippen MR) is 96.4 cm³/mol. The van der Waals surface area contributed by atoms with Crippen molar-refractivity contribution < 1.29 is 13.2 Å². The van der Waals surface area contributed by atoms with Gasteiger partial charge in [0.2, 0.25) is 0 Å². The Morgan fingerprint density at radius 2 is 1.88 bits per heavy atom. The first-order chi connectivity index (χ1) is 12.0. The summed E-state index contributed by atoms with van der Waals surface area (Å²) in [6, 6.07) is 13.5. The zero-order valence-corrected chi connectivity index (χ0v) is 14.7. The zero-order chi connectivity index (χ0) is 17.9. The predicted octanol–water partition coefficient (Wildman–Crippen LogP) is 2.97. The number of hydrogen-bond donors (Lipinski definition) is 1. The van der Waals surface area contributed by atoms with E-state index in [0.717, 1.165) is 31.6 Å². The Hall–Kier alpha value is -2.72. The van der Waals surface area contributed by atoms with Crippen LogP contribution in [0.25, 0.3) is 0 Å². The largest absolute Gasteiger partial charge is 0.495 e. The summed E-state index contributed by atoms with van der Waals surface area (Å²) >= 11 is 0. The standard InChI is InChI=1S/C18H19N3O3S/c1-24-17-9-8-15(21-10-4-5-11-21)12-16(17)20-25(22,23)18-7-3-2-6-14(18)13-19/h2-3,6-9,12,20H,4-5,10-11H2,1H3. The fourth-order valence-electron chi connectivity index (χ4n) is 2.94. The SMILES string of the molecule is COc1ccc(N2CCCC2)cc1NS(=O)(=O)c1ccccc1C#N. The van der Waals surface area contributed by atoms with Crippen LogP contribution >= 0.6 is 0 Å². The molecule has 0 radical (unpaired) electrons. The molecule has 0 aliphatic carbocycles. The molecule has 1 aliphatic rings. The van der Waals surface area contributed by atoms with Crippen molar-refractivity contribution in [1.82, 2.24) is 0 Å². The highest BCUT2D eigenvalue weighted by Gasteiger charge is 2.21. The van der Waals surface area contributed by atoms with Crippen molar-refractivity contribution in [2.24, 2.45) is 0 Å². The number of anilines is 2. The molecule has 0 spiro atoms. The van der Waals surface area contributed by atoms with E-state index in [9.17, 15) is 8.42 Å². The fraction of sp³-hybridized carbons (Fsp3) is 0.278. The van der Waals surface area contributed by atoms with Crippen LogP contribution in [0.2, 0.25) is 0 Å². The number of sulfonamides is 1. The molecule has 7 heteroatoms. The van der Waals surface area contributed by atoms with E-state index in [-0.39, 0.29) is 10.5 Å². The van der Waals surface area contributed by atoms with Crippen LogP contribution in [0.15, 0.2) is 47.4 Å². The Labute approximate surface area is 147 Å². The fourth-order valence-corrected chi connectivity index (χ4v) is 4.16. The van der Waals surface area contributed by atoms with Crippen LogP contribution in [0.3, 0.4) is 0 Å². The molecule has 0 unspecified atom stereocenters. The molecule has 130 valence electrons. The van der Waals surface area contributed by atoms with Crippen LogP contribution in [-0.4, -0.2) is 28.6 Å². The van der Waals surface area contributed by atoms with E-state index in [1.54, 1.807) is 24.3 Å². The van der Waals surface area contributed by atoms with Crippen LogP contribution in [0.1, 0.15) is 18.4 Å². The van der Waals surface area contributed by atoms with Crippen molar-refractivity contribution in [1.29, 1.82) is 5.26 Å². The summed E-state index contributed by atoms with van der Waals surface area (Å²) < 4.78 is 33.4. The zero-order valence-electron chi connectivity index (χ0n) is 13.9. The van der Waals surface area contributed by atoms with Crippen molar-refractivity contribution in [2.75, 3.05) is 29.8 Å². The van der Waals surface area contributed by atoms with Gasteiger partial charge in [0, 0.05) is 18.8 Å². The van der Waals surface area contributed by atoms with Crippen LogP contribution < -0.4 is 14.4 Å². The summed E-state index contributed by atoms with van der Waals surface area (Å²) in [4.78, 5) is 2.16. The van der Waals surface area contributed by atoms with Crippen LogP contribution in [0, 0.1) is 11.3 Å². The van der Waals surface area contributed by atoms with E-state index in [1.807, 2.05) is 12.1 Å². The molecule has 1 N–H and O–H groups in total. The van der Waals surface area contributed by atoms with Gasteiger partial charge in [-0.1, -0.05) is 12.1 Å². The average Bonchev–Trinajstić information content (AvgIpc) is 3.16. The molecular formula is C18H19N3O3S. The second kappa shape index (κ2) is 7.03. The number of nitriles is 1. The van der Waals surface area contributed by atoms with Crippen molar-refractivity contribution in [3.8, 4) is 11.8 Å². The highest BCUT2D eigenvalue weighted by molar-refractivity contribution is 7.92. The maximum absolute atomic E-state index is 12.8. The number of benzene rings is 2. The van der Waals surface area contributed by atoms with Crippen molar-refractivity contribution in [3.63, 3.8) is 0 Å². The molecule has 1 heterocycles. The highest BCUT2D eigenvalue weighted by Crippen LogP contribution is 2.33. The third-order valence-corrected chi connectivity index (χ3v) is 5.62. The quantitative estimate of drug-likeness (QED) is 0.889. The lowest BCUT2D eigenvalue weighted by Gasteiger charge is -2.20. The summed E-state index contributed by atoms with van der Waals surface area (Å²) in [5, 5.41) is 9.16. The maximum atomic E-state index is 12.8. The van der Waals surface area contributed by atoms with E-state index in [0.29, 0.717) is 11.4 Å². The number of nitrogens with one attached hydrogen (secondary N) is 1. The van der Waals surface area contributed by atoms with E-state index in [1.165, 1.54) is 19.2 Å². The molecule has 0 bridgehead atoms. The maximum Gasteiger partial charge on any atom is 0.263 e. The first-order valence-corrected chi connectivity index (χ1v) is 9.48. The molecule has 0 amide bonds. The van der Waals surface area contributed by atoms with Gasteiger partial charge in [-0.05, 0) is 43.2 Å². The number of rotatable bonds is 5. The van der Waals surface area contributed by atoms with E-state index < -0.39 is 10.0 Å². The molecule has 1 saturated heterocycles. The third-order valence-electron chi connectivity index (χ3n) is 4.20. The van der Waals surface area contributed by atoms with Crippen molar-refractivity contribution in [3.05, 3.63) is 48.0 Å². The third kappa shape index (κ3) is 3.54. The summed E-state index contributed by atoms with van der Waals surface area (Å²) in [6.45, 7) is 1.91. The van der Waals surface area contributed by atoms with Crippen molar-refractivity contribution >= 4 is 21.4 Å². The van der Waals surface area contributed by atoms with Gasteiger partial charge in [0.25, 0.3) is 10.0 Å². The molecule has 25 heavy (non-hydrogen) atoms. The first kappa shape index (κ1) is 17.1. The molecule has 0 aromatic heterocycles. The molecule has 0 atom stereocenters. The van der Waals surface area contributed by atoms with Gasteiger partial charge in [-0.2, -0.15) is 5.26 Å². The number of ether oxygens (including phenoxy) is 1. The lowest BCUT2D eigenvalue weighted by molar-refractivity contribution is 0.417. The lowest BCUT2D eigenvalue weighted by Crippen LogP contribution is -2.19. The number of methoxy groups -OCH3 is 1. The first-order valence-electron chi connectivity index (χ1n) is 8.00. The Morgan fingerprint density at radius 1 is 1.16 bits per heavy atom. The van der Waals surface area contributed by atoms with E-state index in [2.05, 4.69) is 9.62 Å². The Kier molecular flexibility index (Phi) is 4.81. The van der Waals surface area contributed by atoms with Crippen molar-refractivity contribution in [2.45, 2.75) is 17.7 Å². The summed E-state index contributed by atoms with van der Waals surface area (Å²) in [7, 11) is -2.41. The molecule has 1 fully saturated rings. The van der Waals surface area contributed by atoms with E-state index >= 15 is 0 Å². The average molecular weight is 357 g/mol. The van der Waals surface area contributed by atoms with Crippen LogP contribution in [0.5, 0.6) is 5.75 Å². The Morgan fingerprint density at radius 3 is 2.56 bits per heavy atom. The van der Waals surface area contributed by atoms with Crippen LogP contribution in [0.4, 0.5) is 11.4 Å². The lowest BCUT2D eigenvalue weighted by atomic mass is 10.2. The van der Waals surface area contributed by atoms with Gasteiger partial charge in [0.15, 0.2) is 0 Å². The molecule has 3 rings (SSSR count). The van der Waals surface area contributed by atoms with E-state index in [4.69, 9.17) is 10.00 Å². The Bertz CT molecular complexity index is 913. The van der Waals surface area contributed by atoms with Gasteiger partial charge in [-0.3, -0.25) is 4.72 Å². The molecule has 2 aromatic carbocycles. The molecular weight excluding hydrogens is 338 g/mol. The molecule has 2 aromatic rings. The minimum atomic E-state index is -3.90. The number of nitrogens with zero attached hydrogens (tertiary/aromatic N) is 2. The monoisotopic (exact) mass is 357 g/mol. The van der Waals surface area contributed by atoms with Gasteiger partial charge >= 0.3 is 0 Å². The van der Waals surface area contributed by atoms with Gasteiger partial charge in [0.1, 0.15) is 16.7 Å². The second-order valence-electron chi connectivity index (χ2n) is 5.79. The molecule has 1 aliphatic heterocycles. The molecule has 6 nitrogen and oxygen atoms in total. The van der Waals surface area contributed by atoms with Gasteiger partial charge in [0.05, 0.1) is 18.4 Å².